The minimum Gasteiger partial charge on any atom is -0.456 e. The molecule has 0 atom stereocenters. The van der Waals surface area contributed by atoms with Gasteiger partial charge in [0.05, 0.1) is 6.07 Å². The van der Waals surface area contributed by atoms with Gasteiger partial charge in [-0.1, -0.05) is 18.2 Å². The number of hydrogen-bond donors (Lipinski definition) is 0. The molecule has 3 rings (SSSR count). The summed E-state index contributed by atoms with van der Waals surface area (Å²) < 4.78 is 8.41. The van der Waals surface area contributed by atoms with Gasteiger partial charge in [-0.3, -0.25) is 0 Å². The van der Waals surface area contributed by atoms with Crippen LogP contribution >= 0.6 is 0 Å². The molecule has 0 saturated heterocycles. The van der Waals surface area contributed by atoms with Gasteiger partial charge in [0, 0.05) is 17.0 Å². The first-order valence-corrected chi connectivity index (χ1v) is 7.24. The summed E-state index contributed by atoms with van der Waals surface area (Å²) >= 11 is 0. The molecular weight excluding hydrogens is 246 g/mol. The Kier molecular flexibility index (Phi) is 3.31. The molecule has 20 heavy (non-hydrogen) atoms. The van der Waals surface area contributed by atoms with Crippen LogP contribution in [0.5, 0.6) is 0 Å². The fourth-order valence-corrected chi connectivity index (χ4v) is 2.82. The highest BCUT2D eigenvalue weighted by atomic mass is 16.3. The molecule has 102 valence electrons. The van der Waals surface area contributed by atoms with Gasteiger partial charge in [-0.15, -0.1) is 0 Å². The van der Waals surface area contributed by atoms with Crippen LogP contribution in [0.15, 0.2) is 46.9 Å². The molecule has 2 heteroatoms. The lowest BCUT2D eigenvalue weighted by atomic mass is 10.0. The quantitative estimate of drug-likeness (QED) is 0.511. The number of aryl methyl sites for hydroxylation is 1. The monoisotopic (exact) mass is 266 g/mol. The van der Waals surface area contributed by atoms with E-state index in [0.717, 1.165) is 24.4 Å². The summed E-state index contributed by atoms with van der Waals surface area (Å²) in [5, 5.41) is 2.41. The molecular formula is C18H20NO+. The highest BCUT2D eigenvalue weighted by molar-refractivity contribution is 5.87. The molecule has 0 unspecified atom stereocenters. The van der Waals surface area contributed by atoms with E-state index < -0.39 is 0 Å². The van der Waals surface area contributed by atoms with Gasteiger partial charge in [0.1, 0.15) is 24.4 Å². The summed E-state index contributed by atoms with van der Waals surface area (Å²) in [6.07, 6.45) is 0. The number of nitrogens with zero attached hydrogens (tertiary/aromatic N) is 1. The van der Waals surface area contributed by atoms with E-state index in [2.05, 4.69) is 55.7 Å². The lowest BCUT2D eigenvalue weighted by Gasteiger charge is -2.11. The third-order valence-corrected chi connectivity index (χ3v) is 4.01. The molecule has 0 amide bonds. The summed E-state index contributed by atoms with van der Waals surface area (Å²) in [7, 11) is 0. The molecule has 0 fully saturated rings. The summed E-state index contributed by atoms with van der Waals surface area (Å²) in [5.41, 5.74) is 3.43. The van der Waals surface area contributed by atoms with E-state index in [1.165, 1.54) is 21.9 Å². The van der Waals surface area contributed by atoms with Gasteiger partial charge in [-0.25, -0.2) is 4.58 Å². The van der Waals surface area contributed by atoms with Crippen LogP contribution in [0.4, 0.5) is 0 Å². The van der Waals surface area contributed by atoms with Crippen LogP contribution in [0.3, 0.4) is 0 Å². The van der Waals surface area contributed by atoms with Gasteiger partial charge < -0.3 is 4.42 Å². The second-order valence-corrected chi connectivity index (χ2v) is 5.08. The van der Waals surface area contributed by atoms with Gasteiger partial charge in [0.15, 0.2) is 0 Å². The second kappa shape index (κ2) is 5.12. The summed E-state index contributed by atoms with van der Waals surface area (Å²) in [4.78, 5) is 0. The molecule has 2 aliphatic rings. The molecule has 0 radical (unpaired) electrons. The topological polar surface area (TPSA) is 16.1 Å². The molecule has 0 saturated carbocycles. The molecule has 0 aromatic heterocycles. The van der Waals surface area contributed by atoms with Crippen molar-refractivity contribution in [2.24, 2.45) is 0 Å². The van der Waals surface area contributed by atoms with E-state index in [1.807, 2.05) is 12.1 Å². The van der Waals surface area contributed by atoms with Gasteiger partial charge in [-0.2, -0.15) is 0 Å². The smallest absolute Gasteiger partial charge is 0.203 e. The molecule has 2 nitrogen and oxygen atoms in total. The fourth-order valence-electron chi connectivity index (χ4n) is 2.82. The zero-order valence-corrected chi connectivity index (χ0v) is 12.3. The molecule has 1 aromatic rings. The highest BCUT2D eigenvalue weighted by Gasteiger charge is 2.13. The average molecular weight is 266 g/mol. The van der Waals surface area contributed by atoms with Crippen molar-refractivity contribution < 1.29 is 4.42 Å². The average Bonchev–Trinajstić information content (AvgIpc) is 2.48. The Labute approximate surface area is 119 Å². The summed E-state index contributed by atoms with van der Waals surface area (Å²) in [6.45, 7) is 8.54. The third-order valence-electron chi connectivity index (χ3n) is 4.01. The number of para-hydroxylation sites is 1. The molecule has 1 heterocycles. The first-order chi connectivity index (χ1) is 9.74. The Bertz CT molecular complexity index is 792. The molecule has 0 bridgehead atoms. The zero-order valence-electron chi connectivity index (χ0n) is 12.3. The fraction of sp³-hybridized carbons (Fsp3) is 0.278. The van der Waals surface area contributed by atoms with E-state index in [-0.39, 0.29) is 0 Å². The van der Waals surface area contributed by atoms with Crippen LogP contribution in [0.1, 0.15) is 19.4 Å². The van der Waals surface area contributed by atoms with Crippen LogP contribution in [-0.2, 0) is 0 Å². The van der Waals surface area contributed by atoms with E-state index in [1.54, 1.807) is 0 Å². The molecule has 0 spiro atoms. The van der Waals surface area contributed by atoms with Crippen molar-refractivity contribution in [3.63, 3.8) is 0 Å². The number of benzene rings is 2. The standard InChI is InChI=1S/C18H20NO/c1-4-19(5-2)14-10-11-16-13(3)15-8-6-7-9-17(15)20-18(16)12-14/h6-12H,4-5H2,1-3H3/q+1. The minimum atomic E-state index is 0.953. The Morgan fingerprint density at radius 3 is 2.50 bits per heavy atom. The number of rotatable bonds is 2. The Balaban J connectivity index is 2.39. The van der Waals surface area contributed by atoms with Gasteiger partial charge in [-0.05, 0) is 38.5 Å². The SMILES string of the molecule is CC[N+](CC)=c1ccc2c(C)c3ccccc3oc-2c1. The molecule has 0 N–H and O–H groups in total. The van der Waals surface area contributed by atoms with Crippen LogP contribution in [0.25, 0.3) is 22.3 Å². The number of hydrogen-bond acceptors (Lipinski definition) is 1. The van der Waals surface area contributed by atoms with E-state index in [4.69, 9.17) is 4.42 Å². The lowest BCUT2D eigenvalue weighted by Crippen LogP contribution is -2.29. The molecule has 1 aliphatic carbocycles. The maximum atomic E-state index is 6.08. The summed E-state index contributed by atoms with van der Waals surface area (Å²) in [6, 6.07) is 14.7. The largest absolute Gasteiger partial charge is 0.456 e. The van der Waals surface area contributed by atoms with Crippen molar-refractivity contribution in [3.05, 3.63) is 53.4 Å². The van der Waals surface area contributed by atoms with Crippen molar-refractivity contribution >= 4 is 11.0 Å². The third kappa shape index (κ3) is 2.01. The first-order valence-electron chi connectivity index (χ1n) is 7.24. The predicted molar refractivity (Wildman–Crippen MR) is 83.9 cm³/mol. The van der Waals surface area contributed by atoms with Gasteiger partial charge in [0.25, 0.3) is 0 Å². The number of fused-ring (bicyclic) bond motifs is 2. The normalized spacial score (nSPS) is 11.2. The van der Waals surface area contributed by atoms with E-state index in [0.29, 0.717) is 0 Å². The minimum absolute atomic E-state index is 0.953. The molecule has 1 aliphatic heterocycles. The zero-order chi connectivity index (χ0) is 14.1. The lowest BCUT2D eigenvalue weighted by molar-refractivity contribution is 0.603. The van der Waals surface area contributed by atoms with Gasteiger partial charge >= 0.3 is 0 Å². The summed E-state index contributed by atoms with van der Waals surface area (Å²) in [5.74, 6) is 0.964. The maximum absolute atomic E-state index is 6.08. The predicted octanol–water partition coefficient (Wildman–Crippen LogP) is 3.66. The van der Waals surface area contributed by atoms with Crippen molar-refractivity contribution in [2.45, 2.75) is 20.8 Å². The Hall–Kier alpha value is -2.09. The Morgan fingerprint density at radius 1 is 1.00 bits per heavy atom. The van der Waals surface area contributed by atoms with E-state index >= 15 is 0 Å². The van der Waals surface area contributed by atoms with Crippen molar-refractivity contribution in [1.82, 2.24) is 4.58 Å². The Morgan fingerprint density at radius 2 is 1.75 bits per heavy atom. The van der Waals surface area contributed by atoms with Crippen molar-refractivity contribution in [1.29, 1.82) is 0 Å². The van der Waals surface area contributed by atoms with Crippen molar-refractivity contribution in [2.75, 3.05) is 13.1 Å². The van der Waals surface area contributed by atoms with Crippen LogP contribution in [0, 0.1) is 6.92 Å². The van der Waals surface area contributed by atoms with Crippen molar-refractivity contribution in [3.8, 4) is 11.3 Å². The maximum Gasteiger partial charge on any atom is 0.203 e. The van der Waals surface area contributed by atoms with Crippen LogP contribution in [0.2, 0.25) is 0 Å². The first kappa shape index (κ1) is 12.9. The van der Waals surface area contributed by atoms with Crippen LogP contribution in [-0.4, -0.2) is 13.1 Å². The highest BCUT2D eigenvalue weighted by Crippen LogP contribution is 2.31. The van der Waals surface area contributed by atoms with Gasteiger partial charge in [0.2, 0.25) is 5.36 Å². The van der Waals surface area contributed by atoms with E-state index in [9.17, 15) is 0 Å². The van der Waals surface area contributed by atoms with Crippen LogP contribution < -0.4 is 9.93 Å². The second-order valence-electron chi connectivity index (χ2n) is 5.08. The molecule has 1 aromatic carbocycles.